The predicted octanol–water partition coefficient (Wildman–Crippen LogP) is 0.439. The van der Waals surface area contributed by atoms with E-state index in [1.54, 1.807) is 0 Å². The summed E-state index contributed by atoms with van der Waals surface area (Å²) in [6.07, 6.45) is 6.44. The first-order valence-electron chi connectivity index (χ1n) is 7.43. The van der Waals surface area contributed by atoms with Crippen molar-refractivity contribution in [3.05, 3.63) is 0 Å². The summed E-state index contributed by atoms with van der Waals surface area (Å²) >= 11 is 0. The van der Waals surface area contributed by atoms with Gasteiger partial charge in [-0.15, -0.1) is 0 Å². The third kappa shape index (κ3) is 4.56. The Hall–Kier alpha value is -1.50. The highest BCUT2D eigenvalue weighted by Crippen LogP contribution is 2.17. The van der Waals surface area contributed by atoms with E-state index in [9.17, 15) is 4.79 Å². The predicted molar refractivity (Wildman–Crippen MR) is 76.8 cm³/mol. The topological polar surface area (TPSA) is 103 Å². The maximum absolute atomic E-state index is 11.9. The molecule has 0 radical (unpaired) electrons. The van der Waals surface area contributed by atoms with Gasteiger partial charge in [0.1, 0.15) is 0 Å². The highest BCUT2D eigenvalue weighted by atomic mass is 16.4. The third-order valence-electron chi connectivity index (χ3n) is 4.13. The third-order valence-corrected chi connectivity index (χ3v) is 4.13. The van der Waals surface area contributed by atoms with Crippen molar-refractivity contribution in [1.82, 2.24) is 15.5 Å². The molecule has 0 atom stereocenters. The minimum Gasteiger partial charge on any atom is -0.409 e. The molecular weight excluding hydrogens is 258 g/mol. The highest BCUT2D eigenvalue weighted by Gasteiger charge is 2.23. The van der Waals surface area contributed by atoms with Gasteiger partial charge in [0.25, 0.3) is 0 Å². The zero-order chi connectivity index (χ0) is 14.4. The number of urea groups is 1. The van der Waals surface area contributed by atoms with E-state index in [4.69, 9.17) is 10.9 Å². The van der Waals surface area contributed by atoms with Crippen LogP contribution in [0, 0.1) is 0 Å². The molecule has 0 aromatic heterocycles. The number of nitrogens with two attached hydrogens (primary N) is 1. The second-order valence-electron chi connectivity index (χ2n) is 5.74. The standard InChI is InChI=1S/C13H25N5O2/c14-12(17-20)9-18-7-5-11(6-8-18)16-13(19)15-10-3-1-2-4-10/h10-11,20H,1-9H2,(H2,14,17)(H2,15,16,19). The van der Waals surface area contributed by atoms with E-state index in [0.29, 0.717) is 12.6 Å². The summed E-state index contributed by atoms with van der Waals surface area (Å²) in [7, 11) is 0. The SMILES string of the molecule is NC(CN1CCC(NC(=O)NC2CCCC2)CC1)=NO. The number of amides is 2. The van der Waals surface area contributed by atoms with Gasteiger partial charge in [-0.25, -0.2) is 4.79 Å². The van der Waals surface area contributed by atoms with E-state index >= 15 is 0 Å². The quantitative estimate of drug-likeness (QED) is 0.260. The summed E-state index contributed by atoms with van der Waals surface area (Å²) in [5, 5.41) is 17.6. The number of amidine groups is 1. The average molecular weight is 283 g/mol. The largest absolute Gasteiger partial charge is 0.409 e. The molecule has 114 valence electrons. The smallest absolute Gasteiger partial charge is 0.315 e. The average Bonchev–Trinajstić information content (AvgIpc) is 2.93. The van der Waals surface area contributed by atoms with Crippen LogP contribution in [0.1, 0.15) is 38.5 Å². The van der Waals surface area contributed by atoms with Crippen molar-refractivity contribution in [3.8, 4) is 0 Å². The molecule has 2 fully saturated rings. The zero-order valence-corrected chi connectivity index (χ0v) is 11.8. The monoisotopic (exact) mass is 283 g/mol. The van der Waals surface area contributed by atoms with Crippen molar-refractivity contribution in [2.45, 2.75) is 50.6 Å². The molecule has 0 unspecified atom stereocenters. The number of carbonyl (C=O) groups is 1. The summed E-state index contributed by atoms with van der Waals surface area (Å²) < 4.78 is 0. The van der Waals surface area contributed by atoms with Crippen LogP contribution in [0.15, 0.2) is 5.16 Å². The van der Waals surface area contributed by atoms with Gasteiger partial charge in [0.05, 0.1) is 6.54 Å². The number of carbonyl (C=O) groups excluding carboxylic acids is 1. The fourth-order valence-corrected chi connectivity index (χ4v) is 2.98. The van der Waals surface area contributed by atoms with Crippen LogP contribution >= 0.6 is 0 Å². The van der Waals surface area contributed by atoms with E-state index in [1.165, 1.54) is 12.8 Å². The first kappa shape index (κ1) is 14.9. The molecule has 2 rings (SSSR count). The van der Waals surface area contributed by atoms with Gasteiger partial charge < -0.3 is 21.6 Å². The van der Waals surface area contributed by atoms with E-state index in [-0.39, 0.29) is 17.9 Å². The molecule has 0 bridgehead atoms. The van der Waals surface area contributed by atoms with Gasteiger partial charge in [0.15, 0.2) is 5.84 Å². The number of hydrogen-bond acceptors (Lipinski definition) is 4. The van der Waals surface area contributed by atoms with Gasteiger partial charge in [-0.05, 0) is 25.7 Å². The van der Waals surface area contributed by atoms with E-state index < -0.39 is 0 Å². The Morgan fingerprint density at radius 2 is 1.70 bits per heavy atom. The Kier molecular flexibility index (Phi) is 5.46. The lowest BCUT2D eigenvalue weighted by molar-refractivity contribution is 0.203. The number of nitrogens with zero attached hydrogens (tertiary/aromatic N) is 2. The number of piperidine rings is 1. The highest BCUT2D eigenvalue weighted by molar-refractivity contribution is 5.81. The first-order valence-corrected chi connectivity index (χ1v) is 7.43. The van der Waals surface area contributed by atoms with Crippen molar-refractivity contribution in [3.63, 3.8) is 0 Å². The van der Waals surface area contributed by atoms with E-state index in [2.05, 4.69) is 20.7 Å². The van der Waals surface area contributed by atoms with Crippen molar-refractivity contribution in [2.75, 3.05) is 19.6 Å². The minimum atomic E-state index is -0.0354. The lowest BCUT2D eigenvalue weighted by atomic mass is 10.1. The molecule has 2 aliphatic rings. The van der Waals surface area contributed by atoms with Gasteiger partial charge in [0, 0.05) is 25.2 Å². The number of hydrogen-bond donors (Lipinski definition) is 4. The van der Waals surface area contributed by atoms with Gasteiger partial charge in [-0.2, -0.15) is 0 Å². The van der Waals surface area contributed by atoms with Crippen molar-refractivity contribution in [1.29, 1.82) is 0 Å². The summed E-state index contributed by atoms with van der Waals surface area (Å²) in [5.74, 6) is 0.232. The molecule has 20 heavy (non-hydrogen) atoms. The fraction of sp³-hybridized carbons (Fsp3) is 0.846. The second-order valence-corrected chi connectivity index (χ2v) is 5.74. The van der Waals surface area contributed by atoms with Crippen LogP contribution in [-0.2, 0) is 0 Å². The maximum Gasteiger partial charge on any atom is 0.315 e. The minimum absolute atomic E-state index is 0.0354. The first-order chi connectivity index (χ1) is 9.67. The van der Waals surface area contributed by atoms with Gasteiger partial charge >= 0.3 is 6.03 Å². The molecule has 1 aliphatic heterocycles. The van der Waals surface area contributed by atoms with Crippen LogP contribution in [0.3, 0.4) is 0 Å². The van der Waals surface area contributed by atoms with E-state index in [1.807, 2.05) is 0 Å². The molecule has 0 spiro atoms. The van der Waals surface area contributed by atoms with Crippen molar-refractivity contribution >= 4 is 11.9 Å². The van der Waals surface area contributed by atoms with Crippen LogP contribution in [-0.4, -0.2) is 53.7 Å². The van der Waals surface area contributed by atoms with Gasteiger partial charge in [-0.1, -0.05) is 18.0 Å². The Balaban J connectivity index is 1.64. The Bertz CT molecular complexity index is 347. The summed E-state index contributed by atoms with van der Waals surface area (Å²) in [5.41, 5.74) is 5.49. The van der Waals surface area contributed by atoms with Crippen LogP contribution in [0.2, 0.25) is 0 Å². The molecule has 2 amide bonds. The van der Waals surface area contributed by atoms with Crippen LogP contribution in [0.5, 0.6) is 0 Å². The summed E-state index contributed by atoms with van der Waals surface area (Å²) in [4.78, 5) is 14.0. The Morgan fingerprint density at radius 1 is 1.15 bits per heavy atom. The molecule has 0 aromatic rings. The molecular formula is C13H25N5O2. The lowest BCUT2D eigenvalue weighted by Crippen LogP contribution is -2.50. The summed E-state index contributed by atoms with van der Waals surface area (Å²) in [6, 6.07) is 0.544. The molecule has 1 heterocycles. The maximum atomic E-state index is 11.9. The fourth-order valence-electron chi connectivity index (χ4n) is 2.98. The van der Waals surface area contributed by atoms with Gasteiger partial charge in [0.2, 0.25) is 0 Å². The van der Waals surface area contributed by atoms with Crippen molar-refractivity contribution in [2.24, 2.45) is 10.9 Å². The van der Waals surface area contributed by atoms with Gasteiger partial charge in [-0.3, -0.25) is 4.90 Å². The normalized spacial score (nSPS) is 22.9. The molecule has 7 nitrogen and oxygen atoms in total. The van der Waals surface area contributed by atoms with Crippen LogP contribution < -0.4 is 16.4 Å². The molecule has 1 saturated carbocycles. The van der Waals surface area contributed by atoms with E-state index in [0.717, 1.165) is 38.8 Å². The second kappa shape index (κ2) is 7.33. The van der Waals surface area contributed by atoms with Crippen LogP contribution in [0.25, 0.3) is 0 Å². The summed E-state index contributed by atoms with van der Waals surface area (Å²) in [6.45, 7) is 2.19. The van der Waals surface area contributed by atoms with Crippen molar-refractivity contribution < 1.29 is 10.0 Å². The number of oxime groups is 1. The molecule has 5 N–H and O–H groups in total. The number of rotatable bonds is 4. The Labute approximate surface area is 119 Å². The molecule has 0 aromatic carbocycles. The molecule has 1 saturated heterocycles. The molecule has 7 heteroatoms. The lowest BCUT2D eigenvalue weighted by Gasteiger charge is -2.32. The molecule has 1 aliphatic carbocycles. The van der Waals surface area contributed by atoms with Crippen LogP contribution in [0.4, 0.5) is 4.79 Å². The number of likely N-dealkylation sites (tertiary alicyclic amines) is 1. The number of nitrogens with one attached hydrogen (secondary N) is 2. The Morgan fingerprint density at radius 3 is 2.25 bits per heavy atom. The zero-order valence-electron chi connectivity index (χ0n) is 11.8.